The standard InChI is InChI=1S/C18H19NO4/c1-3-22-16-9-7-15(8-10-16)19-18(21)13(2)23-17-6-4-5-14(11-17)12-20/h4-13H,3H2,1-2H3,(H,19,21). The predicted octanol–water partition coefficient (Wildman–Crippen LogP) is 3.30. The molecule has 1 N–H and O–H groups in total. The molecule has 0 aliphatic rings. The van der Waals surface area contributed by atoms with Gasteiger partial charge in [-0.05, 0) is 50.2 Å². The Hall–Kier alpha value is -2.82. The monoisotopic (exact) mass is 313 g/mol. The summed E-state index contributed by atoms with van der Waals surface area (Å²) in [6.45, 7) is 4.15. The number of amides is 1. The molecule has 0 fully saturated rings. The molecule has 1 atom stereocenters. The number of carbonyl (C=O) groups is 2. The smallest absolute Gasteiger partial charge is 0.265 e. The molecule has 1 amide bonds. The number of hydrogen-bond donors (Lipinski definition) is 1. The van der Waals surface area contributed by atoms with Gasteiger partial charge in [-0.2, -0.15) is 0 Å². The summed E-state index contributed by atoms with van der Waals surface area (Å²) in [6, 6.07) is 13.8. The highest BCUT2D eigenvalue weighted by Gasteiger charge is 2.15. The van der Waals surface area contributed by atoms with Gasteiger partial charge in [0.25, 0.3) is 5.91 Å². The van der Waals surface area contributed by atoms with E-state index < -0.39 is 6.10 Å². The van der Waals surface area contributed by atoms with Crippen LogP contribution in [-0.4, -0.2) is 24.9 Å². The molecule has 0 saturated heterocycles. The lowest BCUT2D eigenvalue weighted by Gasteiger charge is -2.15. The fraction of sp³-hybridized carbons (Fsp3) is 0.222. The molecule has 0 aromatic heterocycles. The molecule has 0 aliphatic carbocycles. The first-order chi connectivity index (χ1) is 11.1. The van der Waals surface area contributed by atoms with Crippen molar-refractivity contribution in [2.45, 2.75) is 20.0 Å². The van der Waals surface area contributed by atoms with Gasteiger partial charge in [-0.25, -0.2) is 0 Å². The van der Waals surface area contributed by atoms with Crippen LogP contribution in [0.15, 0.2) is 48.5 Å². The third-order valence-electron chi connectivity index (χ3n) is 3.11. The number of rotatable bonds is 7. The summed E-state index contributed by atoms with van der Waals surface area (Å²) in [6.07, 6.45) is 0.0424. The zero-order valence-electron chi connectivity index (χ0n) is 13.1. The van der Waals surface area contributed by atoms with Crippen molar-refractivity contribution in [3.05, 3.63) is 54.1 Å². The molecular formula is C18H19NO4. The average Bonchev–Trinajstić information content (AvgIpc) is 2.57. The van der Waals surface area contributed by atoms with E-state index in [0.717, 1.165) is 12.0 Å². The van der Waals surface area contributed by atoms with Crippen LogP contribution >= 0.6 is 0 Å². The number of nitrogens with one attached hydrogen (secondary N) is 1. The molecule has 2 aromatic rings. The quantitative estimate of drug-likeness (QED) is 0.797. The first-order valence-corrected chi connectivity index (χ1v) is 7.38. The first-order valence-electron chi connectivity index (χ1n) is 7.38. The second-order valence-electron chi connectivity index (χ2n) is 4.90. The Bertz CT molecular complexity index is 667. The van der Waals surface area contributed by atoms with Crippen molar-refractivity contribution >= 4 is 17.9 Å². The van der Waals surface area contributed by atoms with Crippen LogP contribution < -0.4 is 14.8 Å². The molecule has 23 heavy (non-hydrogen) atoms. The molecular weight excluding hydrogens is 294 g/mol. The second-order valence-corrected chi connectivity index (χ2v) is 4.90. The van der Waals surface area contributed by atoms with Gasteiger partial charge in [0.1, 0.15) is 17.8 Å². The molecule has 0 bridgehead atoms. The maximum Gasteiger partial charge on any atom is 0.265 e. The number of carbonyl (C=O) groups excluding carboxylic acids is 2. The van der Waals surface area contributed by atoms with E-state index in [0.29, 0.717) is 23.6 Å². The molecule has 0 radical (unpaired) electrons. The van der Waals surface area contributed by atoms with Crippen molar-refractivity contribution in [2.75, 3.05) is 11.9 Å². The fourth-order valence-corrected chi connectivity index (χ4v) is 1.96. The van der Waals surface area contributed by atoms with Gasteiger partial charge >= 0.3 is 0 Å². The van der Waals surface area contributed by atoms with Crippen molar-refractivity contribution in [1.82, 2.24) is 0 Å². The van der Waals surface area contributed by atoms with Crippen molar-refractivity contribution < 1.29 is 19.1 Å². The van der Waals surface area contributed by atoms with E-state index in [1.807, 2.05) is 6.92 Å². The van der Waals surface area contributed by atoms with Gasteiger partial charge in [0.05, 0.1) is 6.61 Å². The molecule has 1 unspecified atom stereocenters. The summed E-state index contributed by atoms with van der Waals surface area (Å²) < 4.78 is 10.9. The second kappa shape index (κ2) is 7.98. The van der Waals surface area contributed by atoms with Crippen molar-refractivity contribution in [3.63, 3.8) is 0 Å². The third-order valence-corrected chi connectivity index (χ3v) is 3.11. The van der Waals surface area contributed by atoms with Crippen LogP contribution in [-0.2, 0) is 4.79 Å². The van der Waals surface area contributed by atoms with Gasteiger partial charge in [0, 0.05) is 11.3 Å². The Labute approximate surface area is 135 Å². The Morgan fingerprint density at radius 3 is 2.57 bits per heavy atom. The minimum absolute atomic E-state index is 0.273. The molecule has 2 rings (SSSR count). The Morgan fingerprint density at radius 2 is 1.91 bits per heavy atom. The third kappa shape index (κ3) is 4.85. The summed E-state index contributed by atoms with van der Waals surface area (Å²) in [4.78, 5) is 22.9. The first kappa shape index (κ1) is 16.5. The maximum atomic E-state index is 12.1. The summed E-state index contributed by atoms with van der Waals surface area (Å²) in [5.41, 5.74) is 1.16. The van der Waals surface area contributed by atoms with E-state index in [-0.39, 0.29) is 5.91 Å². The van der Waals surface area contributed by atoms with Crippen LogP contribution in [0.25, 0.3) is 0 Å². The van der Waals surface area contributed by atoms with Crippen LogP contribution in [0.5, 0.6) is 11.5 Å². The molecule has 0 heterocycles. The largest absolute Gasteiger partial charge is 0.494 e. The molecule has 2 aromatic carbocycles. The number of hydrogen-bond acceptors (Lipinski definition) is 4. The normalized spacial score (nSPS) is 11.4. The highest BCUT2D eigenvalue weighted by Crippen LogP contribution is 2.17. The van der Waals surface area contributed by atoms with Crippen LogP contribution in [0.4, 0.5) is 5.69 Å². The molecule has 0 aliphatic heterocycles. The van der Waals surface area contributed by atoms with E-state index in [1.54, 1.807) is 55.5 Å². The Morgan fingerprint density at radius 1 is 1.17 bits per heavy atom. The molecule has 0 spiro atoms. The Kier molecular flexibility index (Phi) is 5.74. The summed E-state index contributed by atoms with van der Waals surface area (Å²) in [5.74, 6) is 0.954. The lowest BCUT2D eigenvalue weighted by Crippen LogP contribution is -2.30. The maximum absolute atomic E-state index is 12.1. The van der Waals surface area contributed by atoms with Crippen molar-refractivity contribution in [1.29, 1.82) is 0 Å². The highest BCUT2D eigenvalue weighted by molar-refractivity contribution is 5.94. The van der Waals surface area contributed by atoms with Crippen LogP contribution in [0, 0.1) is 0 Å². The van der Waals surface area contributed by atoms with Crippen molar-refractivity contribution in [2.24, 2.45) is 0 Å². The average molecular weight is 313 g/mol. The summed E-state index contributed by atoms with van der Waals surface area (Å²) in [5, 5.41) is 2.77. The molecule has 120 valence electrons. The molecule has 5 nitrogen and oxygen atoms in total. The SMILES string of the molecule is CCOc1ccc(NC(=O)C(C)Oc2cccc(C=O)c2)cc1. The number of ether oxygens (including phenoxy) is 2. The minimum atomic E-state index is -0.691. The minimum Gasteiger partial charge on any atom is -0.494 e. The zero-order valence-corrected chi connectivity index (χ0v) is 13.1. The van der Waals surface area contributed by atoms with Gasteiger partial charge in [-0.3, -0.25) is 9.59 Å². The Balaban J connectivity index is 1.95. The van der Waals surface area contributed by atoms with Gasteiger partial charge in [-0.15, -0.1) is 0 Å². The van der Waals surface area contributed by atoms with Gasteiger partial charge in [0.15, 0.2) is 6.10 Å². The van der Waals surface area contributed by atoms with Gasteiger partial charge in [-0.1, -0.05) is 12.1 Å². The van der Waals surface area contributed by atoms with Crippen LogP contribution in [0.2, 0.25) is 0 Å². The fourth-order valence-electron chi connectivity index (χ4n) is 1.96. The van der Waals surface area contributed by atoms with Gasteiger partial charge in [0.2, 0.25) is 0 Å². The lowest BCUT2D eigenvalue weighted by atomic mass is 10.2. The topological polar surface area (TPSA) is 64.6 Å². The van der Waals surface area contributed by atoms with Crippen LogP contribution in [0.1, 0.15) is 24.2 Å². The molecule has 5 heteroatoms. The predicted molar refractivity (Wildman–Crippen MR) is 88.2 cm³/mol. The lowest BCUT2D eigenvalue weighted by molar-refractivity contribution is -0.122. The van der Waals surface area contributed by atoms with Gasteiger partial charge < -0.3 is 14.8 Å². The van der Waals surface area contributed by atoms with E-state index in [2.05, 4.69) is 5.32 Å². The number of anilines is 1. The highest BCUT2D eigenvalue weighted by atomic mass is 16.5. The van der Waals surface area contributed by atoms with Crippen molar-refractivity contribution in [3.8, 4) is 11.5 Å². The summed E-state index contributed by atoms with van der Waals surface area (Å²) >= 11 is 0. The number of aldehydes is 1. The molecule has 0 saturated carbocycles. The summed E-state index contributed by atoms with van der Waals surface area (Å²) in [7, 11) is 0. The van der Waals surface area contributed by atoms with E-state index >= 15 is 0 Å². The zero-order chi connectivity index (χ0) is 16.7. The van der Waals surface area contributed by atoms with Crippen LogP contribution in [0.3, 0.4) is 0 Å². The number of benzene rings is 2. The van der Waals surface area contributed by atoms with E-state index in [9.17, 15) is 9.59 Å². The van der Waals surface area contributed by atoms with E-state index in [1.165, 1.54) is 0 Å². The van der Waals surface area contributed by atoms with E-state index in [4.69, 9.17) is 9.47 Å².